The van der Waals surface area contributed by atoms with E-state index in [1.165, 1.54) is 16.7 Å². The molecule has 100 valence electrons. The van der Waals surface area contributed by atoms with Crippen LogP contribution in [-0.4, -0.2) is 7.05 Å². The first-order valence-corrected chi connectivity index (χ1v) is 7.02. The molecule has 0 aliphatic rings. The number of hydrogen-bond acceptors (Lipinski definition) is 1. The SMILES string of the molecule is CNC(c1ccc(C(C)C)cc1)c1cccc(Cl)c1. The van der Waals surface area contributed by atoms with Crippen LogP contribution in [0.4, 0.5) is 0 Å². The number of hydrogen-bond donors (Lipinski definition) is 1. The normalized spacial score (nSPS) is 12.7. The molecule has 2 rings (SSSR count). The van der Waals surface area contributed by atoms with Gasteiger partial charge in [-0.15, -0.1) is 0 Å². The predicted octanol–water partition coefficient (Wildman–Crippen LogP) is 4.77. The zero-order chi connectivity index (χ0) is 13.8. The minimum Gasteiger partial charge on any atom is -0.309 e. The Balaban J connectivity index is 2.31. The van der Waals surface area contributed by atoms with Gasteiger partial charge >= 0.3 is 0 Å². The second kappa shape index (κ2) is 6.23. The van der Waals surface area contributed by atoms with Crippen molar-refractivity contribution in [2.24, 2.45) is 0 Å². The highest BCUT2D eigenvalue weighted by Crippen LogP contribution is 2.25. The van der Waals surface area contributed by atoms with Crippen LogP contribution < -0.4 is 5.32 Å². The summed E-state index contributed by atoms with van der Waals surface area (Å²) in [6, 6.07) is 17.0. The van der Waals surface area contributed by atoms with Crippen LogP contribution in [0.5, 0.6) is 0 Å². The molecule has 0 aromatic heterocycles. The summed E-state index contributed by atoms with van der Waals surface area (Å²) in [5.74, 6) is 0.563. The Bertz CT molecular complexity index is 531. The molecule has 1 atom stereocenters. The van der Waals surface area contributed by atoms with Gasteiger partial charge in [-0.25, -0.2) is 0 Å². The van der Waals surface area contributed by atoms with Crippen molar-refractivity contribution >= 4 is 11.6 Å². The lowest BCUT2D eigenvalue weighted by molar-refractivity contribution is 0.691. The molecule has 0 aliphatic carbocycles. The van der Waals surface area contributed by atoms with Crippen molar-refractivity contribution in [3.63, 3.8) is 0 Å². The second-order valence-corrected chi connectivity index (χ2v) is 5.53. The van der Waals surface area contributed by atoms with Crippen molar-refractivity contribution in [2.45, 2.75) is 25.8 Å². The lowest BCUT2D eigenvalue weighted by atomic mass is 9.95. The smallest absolute Gasteiger partial charge is 0.0574 e. The van der Waals surface area contributed by atoms with Gasteiger partial charge < -0.3 is 5.32 Å². The summed E-state index contributed by atoms with van der Waals surface area (Å²) in [7, 11) is 1.97. The largest absolute Gasteiger partial charge is 0.309 e. The van der Waals surface area contributed by atoms with Crippen LogP contribution in [0.2, 0.25) is 5.02 Å². The standard InChI is InChI=1S/C17H20ClN/c1-12(2)13-7-9-14(10-8-13)17(19-3)15-5-4-6-16(18)11-15/h4-12,17,19H,1-3H3. The number of halogens is 1. The molecule has 0 bridgehead atoms. The maximum atomic E-state index is 6.07. The minimum atomic E-state index is 0.180. The fourth-order valence-corrected chi connectivity index (χ4v) is 2.48. The maximum Gasteiger partial charge on any atom is 0.0574 e. The molecule has 0 saturated carbocycles. The molecule has 1 nitrogen and oxygen atoms in total. The van der Waals surface area contributed by atoms with Crippen LogP contribution in [0, 0.1) is 0 Å². The molecule has 0 aliphatic heterocycles. The molecular formula is C17H20ClN. The topological polar surface area (TPSA) is 12.0 Å². The molecule has 2 aromatic carbocycles. The van der Waals surface area contributed by atoms with E-state index in [9.17, 15) is 0 Å². The van der Waals surface area contributed by atoms with Gasteiger partial charge in [-0.3, -0.25) is 0 Å². The highest BCUT2D eigenvalue weighted by molar-refractivity contribution is 6.30. The third kappa shape index (κ3) is 3.37. The maximum absolute atomic E-state index is 6.07. The van der Waals surface area contributed by atoms with E-state index < -0.39 is 0 Å². The fourth-order valence-electron chi connectivity index (χ4n) is 2.29. The zero-order valence-electron chi connectivity index (χ0n) is 11.7. The summed E-state index contributed by atoms with van der Waals surface area (Å²) >= 11 is 6.07. The van der Waals surface area contributed by atoms with E-state index in [0.29, 0.717) is 5.92 Å². The molecule has 2 aromatic rings. The van der Waals surface area contributed by atoms with Gasteiger partial charge in [0.25, 0.3) is 0 Å². The molecule has 0 fully saturated rings. The first-order chi connectivity index (χ1) is 9.11. The molecule has 0 saturated heterocycles. The van der Waals surface area contributed by atoms with Crippen LogP contribution in [-0.2, 0) is 0 Å². The van der Waals surface area contributed by atoms with Gasteiger partial charge in [0.1, 0.15) is 0 Å². The van der Waals surface area contributed by atoms with Crippen molar-refractivity contribution in [1.29, 1.82) is 0 Å². The Hall–Kier alpha value is -1.31. The van der Waals surface area contributed by atoms with Crippen molar-refractivity contribution in [3.8, 4) is 0 Å². The van der Waals surface area contributed by atoms with Crippen LogP contribution in [0.15, 0.2) is 48.5 Å². The molecule has 0 spiro atoms. The fraction of sp³-hybridized carbons (Fsp3) is 0.294. The van der Waals surface area contributed by atoms with Crippen molar-refractivity contribution < 1.29 is 0 Å². The number of rotatable bonds is 4. The summed E-state index contributed by atoms with van der Waals surface area (Å²) in [4.78, 5) is 0. The first kappa shape index (κ1) is 14.1. The highest BCUT2D eigenvalue weighted by Gasteiger charge is 2.12. The molecule has 0 amide bonds. The van der Waals surface area contributed by atoms with Crippen molar-refractivity contribution in [2.75, 3.05) is 7.05 Å². The van der Waals surface area contributed by atoms with Gasteiger partial charge in [0.15, 0.2) is 0 Å². The lowest BCUT2D eigenvalue weighted by Gasteiger charge is -2.18. The first-order valence-electron chi connectivity index (χ1n) is 6.64. The Morgan fingerprint density at radius 2 is 1.53 bits per heavy atom. The van der Waals surface area contributed by atoms with E-state index in [-0.39, 0.29) is 6.04 Å². The third-order valence-electron chi connectivity index (χ3n) is 3.41. The summed E-state index contributed by atoms with van der Waals surface area (Å²) in [6.45, 7) is 4.42. The number of nitrogens with one attached hydrogen (secondary N) is 1. The Labute approximate surface area is 120 Å². The quantitative estimate of drug-likeness (QED) is 0.846. The molecule has 2 heteroatoms. The zero-order valence-corrected chi connectivity index (χ0v) is 12.4. The van der Waals surface area contributed by atoms with Crippen LogP contribution in [0.1, 0.15) is 42.5 Å². The van der Waals surface area contributed by atoms with E-state index in [1.807, 2.05) is 25.2 Å². The highest BCUT2D eigenvalue weighted by atomic mass is 35.5. The van der Waals surface area contributed by atoms with Gasteiger partial charge in [-0.05, 0) is 41.8 Å². The Kier molecular flexibility index (Phi) is 4.62. The van der Waals surface area contributed by atoms with E-state index in [4.69, 9.17) is 11.6 Å². The summed E-state index contributed by atoms with van der Waals surface area (Å²) in [6.07, 6.45) is 0. The van der Waals surface area contributed by atoms with Crippen LogP contribution in [0.3, 0.4) is 0 Å². The minimum absolute atomic E-state index is 0.180. The van der Waals surface area contributed by atoms with E-state index in [1.54, 1.807) is 0 Å². The summed E-state index contributed by atoms with van der Waals surface area (Å²) in [5.41, 5.74) is 3.81. The van der Waals surface area contributed by atoms with E-state index in [0.717, 1.165) is 5.02 Å². The van der Waals surface area contributed by atoms with Gasteiger partial charge in [0.2, 0.25) is 0 Å². The van der Waals surface area contributed by atoms with Crippen molar-refractivity contribution in [3.05, 3.63) is 70.2 Å². The van der Waals surface area contributed by atoms with Crippen LogP contribution in [0.25, 0.3) is 0 Å². The molecular weight excluding hydrogens is 254 g/mol. The average molecular weight is 274 g/mol. The number of benzene rings is 2. The predicted molar refractivity (Wildman–Crippen MR) is 82.9 cm³/mol. The van der Waals surface area contributed by atoms with Gasteiger partial charge in [0, 0.05) is 5.02 Å². The third-order valence-corrected chi connectivity index (χ3v) is 3.64. The molecule has 0 radical (unpaired) electrons. The summed E-state index contributed by atoms with van der Waals surface area (Å²) in [5, 5.41) is 4.13. The van der Waals surface area contributed by atoms with Crippen LogP contribution >= 0.6 is 11.6 Å². The molecule has 0 heterocycles. The van der Waals surface area contributed by atoms with E-state index >= 15 is 0 Å². The Morgan fingerprint density at radius 3 is 2.05 bits per heavy atom. The van der Waals surface area contributed by atoms with Gasteiger partial charge in [-0.1, -0.05) is 61.8 Å². The Morgan fingerprint density at radius 1 is 0.895 bits per heavy atom. The summed E-state index contributed by atoms with van der Waals surface area (Å²) < 4.78 is 0. The second-order valence-electron chi connectivity index (χ2n) is 5.10. The molecule has 1 unspecified atom stereocenters. The molecule has 1 N–H and O–H groups in total. The van der Waals surface area contributed by atoms with E-state index in [2.05, 4.69) is 49.5 Å². The molecule has 19 heavy (non-hydrogen) atoms. The van der Waals surface area contributed by atoms with Gasteiger partial charge in [-0.2, -0.15) is 0 Å². The lowest BCUT2D eigenvalue weighted by Crippen LogP contribution is -2.17. The van der Waals surface area contributed by atoms with Gasteiger partial charge in [0.05, 0.1) is 6.04 Å². The average Bonchev–Trinajstić information content (AvgIpc) is 2.40. The van der Waals surface area contributed by atoms with Crippen molar-refractivity contribution in [1.82, 2.24) is 5.32 Å². The monoisotopic (exact) mass is 273 g/mol.